The molecule has 0 saturated carbocycles. The number of hydrogen-bond acceptors (Lipinski definition) is 7. The van der Waals surface area contributed by atoms with E-state index in [0.29, 0.717) is 6.54 Å². The third-order valence-electron chi connectivity index (χ3n) is 5.69. The number of alkyl halides is 3. The Balaban J connectivity index is 1.93. The van der Waals surface area contributed by atoms with E-state index in [9.17, 15) is 28.1 Å². The van der Waals surface area contributed by atoms with Crippen LogP contribution in [-0.4, -0.2) is 48.4 Å². The van der Waals surface area contributed by atoms with Crippen molar-refractivity contribution in [3.05, 3.63) is 62.6 Å². The number of rotatable bonds is 7. The van der Waals surface area contributed by atoms with E-state index in [2.05, 4.69) is 15.0 Å². The number of para-hydroxylation sites is 1. The van der Waals surface area contributed by atoms with E-state index in [1.165, 1.54) is 32.0 Å². The average Bonchev–Trinajstić information content (AvgIpc) is 2.73. The van der Waals surface area contributed by atoms with Gasteiger partial charge in [-0.2, -0.15) is 0 Å². The number of carbonyl (C=O) groups excluding carboxylic acids is 1. The molecule has 0 spiro atoms. The van der Waals surface area contributed by atoms with E-state index < -0.39 is 34.6 Å². The molecular formula is C22H26F3N3O5. The fourth-order valence-corrected chi connectivity index (χ4v) is 4.26. The number of nitrogens with zero attached hydrogens (tertiary/aromatic N) is 2. The van der Waals surface area contributed by atoms with E-state index >= 15 is 0 Å². The normalized spacial score (nSPS) is 19.8. The number of esters is 1. The van der Waals surface area contributed by atoms with Crippen LogP contribution >= 0.6 is 0 Å². The highest BCUT2D eigenvalue weighted by Gasteiger charge is 2.43. The van der Waals surface area contributed by atoms with Crippen LogP contribution in [0, 0.1) is 10.1 Å². The maximum absolute atomic E-state index is 13.1. The van der Waals surface area contributed by atoms with Crippen LogP contribution in [0.3, 0.4) is 0 Å². The van der Waals surface area contributed by atoms with Crippen molar-refractivity contribution in [2.75, 3.05) is 26.2 Å². The van der Waals surface area contributed by atoms with Crippen LogP contribution in [0.1, 0.15) is 44.6 Å². The number of dihydropyridines is 1. The lowest BCUT2D eigenvalue weighted by Gasteiger charge is -2.28. The summed E-state index contributed by atoms with van der Waals surface area (Å²) in [5.74, 6) is -2.84. The van der Waals surface area contributed by atoms with E-state index in [0.717, 1.165) is 38.4 Å². The minimum Gasteiger partial charge on any atom is -0.461 e. The van der Waals surface area contributed by atoms with Crippen LogP contribution in [-0.2, 0) is 9.53 Å². The number of nitrogens with one attached hydrogen (secondary N) is 1. The van der Waals surface area contributed by atoms with Crippen molar-refractivity contribution in [3.63, 3.8) is 0 Å². The van der Waals surface area contributed by atoms with Crippen molar-refractivity contribution in [3.8, 4) is 5.75 Å². The summed E-state index contributed by atoms with van der Waals surface area (Å²) in [6.07, 6.45) is -1.72. The molecule has 2 heterocycles. The molecule has 1 atom stereocenters. The van der Waals surface area contributed by atoms with Crippen molar-refractivity contribution in [2.45, 2.75) is 45.4 Å². The van der Waals surface area contributed by atoms with Gasteiger partial charge in [-0.1, -0.05) is 24.6 Å². The van der Waals surface area contributed by atoms with E-state index in [4.69, 9.17) is 4.74 Å². The van der Waals surface area contributed by atoms with Gasteiger partial charge in [-0.25, -0.2) is 4.79 Å². The van der Waals surface area contributed by atoms with Crippen molar-refractivity contribution in [1.29, 1.82) is 0 Å². The molecule has 11 heteroatoms. The molecule has 0 radical (unpaired) electrons. The first kappa shape index (κ1) is 24.6. The minimum absolute atomic E-state index is 0.0690. The Labute approximate surface area is 189 Å². The molecule has 0 bridgehead atoms. The lowest BCUT2D eigenvalue weighted by molar-refractivity contribution is -0.431. The highest BCUT2D eigenvalue weighted by molar-refractivity contribution is 5.92. The number of halogens is 3. The molecule has 180 valence electrons. The maximum Gasteiger partial charge on any atom is 0.573 e. The Morgan fingerprint density at radius 2 is 1.85 bits per heavy atom. The number of benzene rings is 1. The van der Waals surface area contributed by atoms with Gasteiger partial charge in [-0.3, -0.25) is 15.0 Å². The molecule has 1 N–H and O–H groups in total. The molecule has 1 aromatic rings. The first-order valence-corrected chi connectivity index (χ1v) is 10.7. The van der Waals surface area contributed by atoms with Gasteiger partial charge in [-0.05, 0) is 45.8 Å². The summed E-state index contributed by atoms with van der Waals surface area (Å²) in [7, 11) is 0. The summed E-state index contributed by atoms with van der Waals surface area (Å²) in [5, 5.41) is 14.7. The number of nitro groups is 1. The van der Waals surface area contributed by atoms with Crippen LogP contribution in [0.15, 0.2) is 46.9 Å². The fourth-order valence-electron chi connectivity index (χ4n) is 4.26. The standard InChI is InChI=1S/C22H26F3N3O5/c1-14-18(21(29)32-13-12-27-10-6-3-7-11-27)19(20(28(30)31)15(2)26-14)16-8-4-5-9-17(16)33-22(23,24)25/h4-5,8-9,19,26H,3,6-7,10-13H2,1-2H3. The highest BCUT2D eigenvalue weighted by Crippen LogP contribution is 2.43. The molecule has 3 rings (SSSR count). The molecule has 0 amide bonds. The summed E-state index contributed by atoms with van der Waals surface area (Å²) in [5.41, 5.74) is -0.322. The van der Waals surface area contributed by atoms with Gasteiger partial charge < -0.3 is 14.8 Å². The number of likely N-dealkylation sites (tertiary alicyclic amines) is 1. The van der Waals surface area contributed by atoms with E-state index in [1.54, 1.807) is 0 Å². The van der Waals surface area contributed by atoms with Crippen LogP contribution in [0.2, 0.25) is 0 Å². The van der Waals surface area contributed by atoms with Crippen molar-refractivity contribution in [2.24, 2.45) is 0 Å². The Morgan fingerprint density at radius 1 is 1.18 bits per heavy atom. The lowest BCUT2D eigenvalue weighted by Crippen LogP contribution is -2.35. The smallest absolute Gasteiger partial charge is 0.461 e. The number of ether oxygens (including phenoxy) is 2. The third-order valence-corrected chi connectivity index (χ3v) is 5.69. The van der Waals surface area contributed by atoms with E-state index in [1.807, 2.05) is 0 Å². The first-order chi connectivity index (χ1) is 15.6. The van der Waals surface area contributed by atoms with Gasteiger partial charge in [0, 0.05) is 17.8 Å². The molecule has 1 fully saturated rings. The fraction of sp³-hybridized carbons (Fsp3) is 0.500. The minimum atomic E-state index is -5.01. The monoisotopic (exact) mass is 469 g/mol. The predicted octanol–water partition coefficient (Wildman–Crippen LogP) is 4.08. The molecule has 33 heavy (non-hydrogen) atoms. The number of piperidine rings is 1. The molecule has 8 nitrogen and oxygen atoms in total. The molecule has 1 saturated heterocycles. The third kappa shape index (κ3) is 6.04. The largest absolute Gasteiger partial charge is 0.573 e. The Hall–Kier alpha value is -3.08. The maximum atomic E-state index is 13.1. The molecule has 2 aliphatic heterocycles. The molecular weight excluding hydrogens is 443 g/mol. The van der Waals surface area contributed by atoms with E-state index in [-0.39, 0.29) is 29.1 Å². The quantitative estimate of drug-likeness (QED) is 0.365. The van der Waals surface area contributed by atoms with Crippen LogP contribution < -0.4 is 10.1 Å². The summed E-state index contributed by atoms with van der Waals surface area (Å²) in [6.45, 7) is 5.35. The van der Waals surface area contributed by atoms with Gasteiger partial charge in [0.1, 0.15) is 18.3 Å². The van der Waals surface area contributed by atoms with Gasteiger partial charge in [0.05, 0.1) is 16.2 Å². The average molecular weight is 469 g/mol. The summed E-state index contributed by atoms with van der Waals surface area (Å²) in [4.78, 5) is 26.4. The zero-order valence-electron chi connectivity index (χ0n) is 18.4. The Kier molecular flexibility index (Phi) is 7.62. The first-order valence-electron chi connectivity index (χ1n) is 10.7. The predicted molar refractivity (Wildman–Crippen MR) is 113 cm³/mol. The zero-order chi connectivity index (χ0) is 24.2. The summed E-state index contributed by atoms with van der Waals surface area (Å²) >= 11 is 0. The van der Waals surface area contributed by atoms with Gasteiger partial charge >= 0.3 is 12.3 Å². The zero-order valence-corrected chi connectivity index (χ0v) is 18.4. The molecule has 2 aliphatic rings. The number of hydrogen-bond donors (Lipinski definition) is 1. The second kappa shape index (κ2) is 10.2. The van der Waals surface area contributed by atoms with Gasteiger partial charge in [0.15, 0.2) is 0 Å². The second-order valence-electron chi connectivity index (χ2n) is 7.99. The number of allylic oxidation sites excluding steroid dienone is 3. The highest BCUT2D eigenvalue weighted by atomic mass is 19.4. The number of carbonyl (C=O) groups is 1. The summed E-state index contributed by atoms with van der Waals surface area (Å²) < 4.78 is 48.6. The van der Waals surface area contributed by atoms with Gasteiger partial charge in [-0.15, -0.1) is 13.2 Å². The molecule has 1 aromatic carbocycles. The Bertz CT molecular complexity index is 968. The van der Waals surface area contributed by atoms with Gasteiger partial charge in [0.25, 0.3) is 5.70 Å². The van der Waals surface area contributed by atoms with Crippen molar-refractivity contribution >= 4 is 5.97 Å². The molecule has 1 unspecified atom stereocenters. The van der Waals surface area contributed by atoms with Crippen LogP contribution in [0.4, 0.5) is 13.2 Å². The second-order valence-corrected chi connectivity index (χ2v) is 7.99. The topological polar surface area (TPSA) is 93.9 Å². The molecule has 0 aliphatic carbocycles. The molecule has 0 aromatic heterocycles. The van der Waals surface area contributed by atoms with Crippen molar-refractivity contribution < 1.29 is 32.4 Å². The van der Waals surface area contributed by atoms with Crippen LogP contribution in [0.5, 0.6) is 5.75 Å². The van der Waals surface area contributed by atoms with Crippen LogP contribution in [0.25, 0.3) is 0 Å². The Morgan fingerprint density at radius 3 is 2.48 bits per heavy atom. The summed E-state index contributed by atoms with van der Waals surface area (Å²) in [6, 6.07) is 5.10. The van der Waals surface area contributed by atoms with Gasteiger partial charge in [0.2, 0.25) is 0 Å². The van der Waals surface area contributed by atoms with Crippen molar-refractivity contribution in [1.82, 2.24) is 10.2 Å². The lowest BCUT2D eigenvalue weighted by atomic mass is 9.83. The SMILES string of the molecule is CC1=C(C(=O)OCCN2CCCCC2)C(c2ccccc2OC(F)(F)F)C([N+](=O)[O-])=C(C)N1.